The van der Waals surface area contributed by atoms with Gasteiger partial charge in [-0.05, 0) is 29.3 Å². The van der Waals surface area contributed by atoms with Crippen LogP contribution in [0.25, 0.3) is 11.1 Å². The van der Waals surface area contributed by atoms with Gasteiger partial charge in [-0.25, -0.2) is 0 Å². The zero-order valence-corrected chi connectivity index (χ0v) is 7.96. The van der Waals surface area contributed by atoms with Gasteiger partial charge in [0.15, 0.2) is 0 Å². The van der Waals surface area contributed by atoms with Crippen molar-refractivity contribution in [2.45, 2.75) is 0 Å². The monoisotopic (exact) mass is 194 g/mol. The second-order valence-corrected chi connectivity index (χ2v) is 3.32. The second kappa shape index (κ2) is 3.20. The van der Waals surface area contributed by atoms with Gasteiger partial charge in [0.25, 0.3) is 0 Å². The lowest BCUT2D eigenvalue weighted by molar-refractivity contribution is 0.992. The van der Waals surface area contributed by atoms with E-state index in [0.717, 1.165) is 22.4 Å². The summed E-state index contributed by atoms with van der Waals surface area (Å²) in [5.74, 6) is 0. The van der Waals surface area contributed by atoms with Crippen LogP contribution >= 0.6 is 0 Å². The van der Waals surface area contributed by atoms with Crippen LogP contribution in [-0.4, -0.2) is 11.2 Å². The molecule has 1 aromatic heterocycles. The van der Waals surface area contributed by atoms with Crippen molar-refractivity contribution in [2.75, 3.05) is 0 Å². The molecule has 0 amide bonds. The van der Waals surface area contributed by atoms with Crippen LogP contribution in [0.2, 0.25) is 0 Å². The summed E-state index contributed by atoms with van der Waals surface area (Å²) in [5, 5.41) is 3.92. The maximum atomic E-state index is 4.04. The molecule has 3 nitrogen and oxygen atoms in total. The van der Waals surface area contributed by atoms with Crippen molar-refractivity contribution < 1.29 is 0 Å². The third-order valence-electron chi connectivity index (χ3n) is 2.43. The van der Waals surface area contributed by atoms with E-state index in [0.29, 0.717) is 0 Å². The number of hydrogen-bond acceptors (Lipinski definition) is 2. The normalized spacial score (nSPS) is 12.3. The van der Waals surface area contributed by atoms with Crippen LogP contribution < -0.4 is 5.43 Å². The number of pyridine rings is 1. The molecule has 0 atom stereocenters. The third kappa shape index (κ3) is 1.29. The number of nitrogens with zero attached hydrogens (tertiary/aromatic N) is 3. The number of hydrogen-bond donors (Lipinski definition) is 0. The number of benzene rings is 1. The quantitative estimate of drug-likeness (QED) is 0.686. The molecule has 0 saturated heterocycles. The highest BCUT2D eigenvalue weighted by Crippen LogP contribution is 2.29. The van der Waals surface area contributed by atoms with Crippen molar-refractivity contribution in [3.8, 4) is 11.1 Å². The molecule has 2 aromatic rings. The summed E-state index contributed by atoms with van der Waals surface area (Å²) in [7, 11) is 0. The Morgan fingerprint density at radius 1 is 0.933 bits per heavy atom. The zero-order valence-electron chi connectivity index (χ0n) is 7.96. The molecule has 2 heterocycles. The van der Waals surface area contributed by atoms with Crippen molar-refractivity contribution in [3.05, 3.63) is 48.3 Å². The molecule has 0 unspecified atom stereocenters. The summed E-state index contributed by atoms with van der Waals surface area (Å²) in [4.78, 5) is 4.01. The Kier molecular flexibility index (Phi) is 1.75. The molecule has 0 spiro atoms. The van der Waals surface area contributed by atoms with Gasteiger partial charge in [-0.3, -0.25) is 4.98 Å². The molecule has 1 radical (unpaired) electrons. The molecular formula is C12H8N3. The lowest BCUT2D eigenvalue weighted by atomic mass is 10.0. The summed E-state index contributed by atoms with van der Waals surface area (Å²) < 4.78 is 0. The van der Waals surface area contributed by atoms with E-state index >= 15 is 0 Å². The highest BCUT2D eigenvalue weighted by atomic mass is 15.3. The summed E-state index contributed by atoms with van der Waals surface area (Å²) in [6, 6.07) is 10.0. The largest absolute Gasteiger partial charge is 0.265 e. The van der Waals surface area contributed by atoms with Crippen LogP contribution in [0.5, 0.6) is 0 Å². The Labute approximate surface area is 87.5 Å². The Bertz CT molecular complexity index is 518. The van der Waals surface area contributed by atoms with Gasteiger partial charge in [-0.2, -0.15) is 10.5 Å². The van der Waals surface area contributed by atoms with Gasteiger partial charge in [-0.1, -0.05) is 12.1 Å². The molecule has 15 heavy (non-hydrogen) atoms. The SMILES string of the molecule is C1=N[N]c2cccc(-c3ccncc3)c21. The molecule has 1 aliphatic heterocycles. The molecule has 3 rings (SSSR count). The van der Waals surface area contributed by atoms with E-state index in [1.807, 2.05) is 24.3 Å². The van der Waals surface area contributed by atoms with Gasteiger partial charge < -0.3 is 0 Å². The summed E-state index contributed by atoms with van der Waals surface area (Å²) in [5.41, 5.74) is 8.36. The first kappa shape index (κ1) is 8.17. The fourth-order valence-electron chi connectivity index (χ4n) is 1.71. The second-order valence-electron chi connectivity index (χ2n) is 3.32. The standard InChI is InChI=1S/C12H8N3/c1-2-10(9-4-6-13-7-5-9)11-8-14-15-12(11)3-1/h1-8H. The molecule has 0 aliphatic carbocycles. The molecule has 0 saturated carbocycles. The van der Waals surface area contributed by atoms with Crippen molar-refractivity contribution in [3.63, 3.8) is 0 Å². The Hall–Kier alpha value is -2.16. The van der Waals surface area contributed by atoms with Crippen LogP contribution in [0, 0.1) is 0 Å². The van der Waals surface area contributed by atoms with Crippen molar-refractivity contribution >= 4 is 11.9 Å². The average Bonchev–Trinajstić information content (AvgIpc) is 2.78. The van der Waals surface area contributed by atoms with Crippen molar-refractivity contribution in [1.29, 1.82) is 0 Å². The van der Waals surface area contributed by atoms with Crippen LogP contribution in [0.3, 0.4) is 0 Å². The van der Waals surface area contributed by atoms with E-state index in [2.05, 4.69) is 21.6 Å². The van der Waals surface area contributed by atoms with Gasteiger partial charge in [0.1, 0.15) is 0 Å². The average molecular weight is 194 g/mol. The van der Waals surface area contributed by atoms with Crippen LogP contribution in [0.1, 0.15) is 5.56 Å². The van der Waals surface area contributed by atoms with E-state index < -0.39 is 0 Å². The van der Waals surface area contributed by atoms with E-state index in [4.69, 9.17) is 0 Å². The van der Waals surface area contributed by atoms with Crippen molar-refractivity contribution in [1.82, 2.24) is 10.4 Å². The predicted octanol–water partition coefficient (Wildman–Crippen LogP) is 2.33. The highest BCUT2D eigenvalue weighted by Gasteiger charge is 2.12. The predicted molar refractivity (Wildman–Crippen MR) is 59.1 cm³/mol. The van der Waals surface area contributed by atoms with Gasteiger partial charge in [0.2, 0.25) is 0 Å². The van der Waals surface area contributed by atoms with Gasteiger partial charge in [-0.15, -0.1) is 0 Å². The highest BCUT2D eigenvalue weighted by molar-refractivity contribution is 5.97. The molecule has 3 heteroatoms. The number of aromatic nitrogens is 1. The fraction of sp³-hybridized carbons (Fsp3) is 0. The minimum Gasteiger partial charge on any atom is -0.265 e. The van der Waals surface area contributed by atoms with Crippen LogP contribution in [0.4, 0.5) is 5.69 Å². The molecule has 1 aliphatic rings. The first-order valence-corrected chi connectivity index (χ1v) is 4.72. The Balaban J connectivity index is 2.21. The summed E-state index contributed by atoms with van der Waals surface area (Å²) in [6.45, 7) is 0. The van der Waals surface area contributed by atoms with E-state index in [9.17, 15) is 0 Å². The maximum Gasteiger partial charge on any atom is 0.0951 e. The van der Waals surface area contributed by atoms with E-state index in [1.165, 1.54) is 0 Å². The first-order chi connectivity index (χ1) is 7.45. The maximum absolute atomic E-state index is 4.04. The van der Waals surface area contributed by atoms with Gasteiger partial charge in [0.05, 0.1) is 11.9 Å². The van der Waals surface area contributed by atoms with E-state index in [-0.39, 0.29) is 0 Å². The summed E-state index contributed by atoms with van der Waals surface area (Å²) in [6.07, 6.45) is 5.38. The molecular weight excluding hydrogens is 186 g/mol. The van der Waals surface area contributed by atoms with Crippen LogP contribution in [0.15, 0.2) is 47.8 Å². The summed E-state index contributed by atoms with van der Waals surface area (Å²) >= 11 is 0. The fourth-order valence-corrected chi connectivity index (χ4v) is 1.71. The number of rotatable bonds is 1. The third-order valence-corrected chi connectivity index (χ3v) is 2.43. The zero-order chi connectivity index (χ0) is 10.1. The van der Waals surface area contributed by atoms with E-state index in [1.54, 1.807) is 18.6 Å². The minimum absolute atomic E-state index is 0.935. The van der Waals surface area contributed by atoms with Crippen molar-refractivity contribution in [2.24, 2.45) is 5.10 Å². The van der Waals surface area contributed by atoms with Gasteiger partial charge >= 0.3 is 0 Å². The lowest BCUT2D eigenvalue weighted by Gasteiger charge is -2.04. The molecule has 1 aromatic carbocycles. The number of fused-ring (bicyclic) bond motifs is 1. The topological polar surface area (TPSA) is 39.4 Å². The van der Waals surface area contributed by atoms with Gasteiger partial charge in [0, 0.05) is 18.0 Å². The minimum atomic E-state index is 0.935. The Morgan fingerprint density at radius 3 is 2.67 bits per heavy atom. The molecule has 0 N–H and O–H groups in total. The lowest BCUT2D eigenvalue weighted by Crippen LogP contribution is -1.87. The molecule has 0 fully saturated rings. The molecule has 0 bridgehead atoms. The Morgan fingerprint density at radius 2 is 1.80 bits per heavy atom. The molecule has 71 valence electrons. The first-order valence-electron chi connectivity index (χ1n) is 4.72. The van der Waals surface area contributed by atoms with Crippen LogP contribution in [-0.2, 0) is 0 Å². The smallest absolute Gasteiger partial charge is 0.0951 e.